The van der Waals surface area contributed by atoms with E-state index in [2.05, 4.69) is 10.3 Å². The van der Waals surface area contributed by atoms with Crippen molar-refractivity contribution in [2.45, 2.75) is 19.9 Å². The number of aromatic nitrogens is 1. The molecule has 0 unspecified atom stereocenters. The summed E-state index contributed by atoms with van der Waals surface area (Å²) in [5.74, 6) is 0.748. The molecule has 3 N–H and O–H groups in total. The normalized spacial score (nSPS) is 10.8. The minimum Gasteiger partial charge on any atom is -0.494 e. The number of pyridine rings is 1. The number of H-pyrrole nitrogens is 1. The number of aromatic amines is 1. The van der Waals surface area contributed by atoms with Crippen molar-refractivity contribution in [1.29, 1.82) is 0 Å². The molecule has 8 heteroatoms. The number of benzene rings is 2. The van der Waals surface area contributed by atoms with Crippen LogP contribution in [0.5, 0.6) is 5.75 Å². The van der Waals surface area contributed by atoms with Gasteiger partial charge in [0, 0.05) is 40.3 Å². The number of anilines is 1. The van der Waals surface area contributed by atoms with Gasteiger partial charge in [-0.1, -0.05) is 17.7 Å². The Morgan fingerprint density at radius 1 is 1.27 bits per heavy atom. The third-order valence-electron chi connectivity index (χ3n) is 4.51. The van der Waals surface area contributed by atoms with E-state index in [1.807, 2.05) is 48.2 Å². The second kappa shape index (κ2) is 10.4. The van der Waals surface area contributed by atoms with E-state index in [0.717, 1.165) is 22.3 Å². The van der Waals surface area contributed by atoms with E-state index < -0.39 is 0 Å². The minimum atomic E-state index is -0.175. The zero-order chi connectivity index (χ0) is 21.5. The van der Waals surface area contributed by atoms with Crippen LogP contribution >= 0.6 is 23.8 Å². The number of nitrogens with zero attached hydrogens (tertiary/aromatic N) is 1. The highest BCUT2D eigenvalue weighted by Crippen LogP contribution is 2.20. The molecule has 1 aromatic heterocycles. The van der Waals surface area contributed by atoms with Crippen molar-refractivity contribution in [2.75, 3.05) is 25.1 Å². The van der Waals surface area contributed by atoms with Gasteiger partial charge in [0.05, 0.1) is 13.2 Å². The maximum atomic E-state index is 12.6. The van der Waals surface area contributed by atoms with E-state index in [1.165, 1.54) is 0 Å². The first-order chi connectivity index (χ1) is 14.5. The number of fused-ring (bicyclic) bond motifs is 1. The van der Waals surface area contributed by atoms with Gasteiger partial charge in [-0.15, -0.1) is 0 Å². The number of ether oxygens (including phenoxy) is 1. The Morgan fingerprint density at radius 3 is 2.83 bits per heavy atom. The standard InChI is InChI=1S/C22H24ClN3O3S/c1-2-29-19-7-8-20-15(12-19)11-16(21(28)25-20)14-26(9-4-10-27)22(30)24-18-6-3-5-17(23)13-18/h3,5-8,11-13,27H,2,4,9-10,14H2,1H3,(H,24,30)(H,25,28). The Kier molecular flexibility index (Phi) is 7.68. The number of aliphatic hydroxyl groups is 1. The molecule has 158 valence electrons. The Bertz CT molecular complexity index is 1090. The van der Waals surface area contributed by atoms with Crippen LogP contribution in [0.4, 0.5) is 5.69 Å². The second-order valence-corrected chi connectivity index (χ2v) is 7.57. The number of hydrogen-bond donors (Lipinski definition) is 3. The Hall–Kier alpha value is -2.61. The van der Waals surface area contributed by atoms with Gasteiger partial charge >= 0.3 is 0 Å². The smallest absolute Gasteiger partial charge is 0.253 e. The van der Waals surface area contributed by atoms with Gasteiger partial charge in [-0.05, 0) is 68.0 Å². The predicted octanol–water partition coefficient (Wildman–Crippen LogP) is 4.16. The van der Waals surface area contributed by atoms with E-state index in [-0.39, 0.29) is 12.2 Å². The molecular weight excluding hydrogens is 422 g/mol. The molecule has 0 saturated carbocycles. The van der Waals surface area contributed by atoms with Crippen molar-refractivity contribution < 1.29 is 9.84 Å². The Balaban J connectivity index is 1.85. The van der Waals surface area contributed by atoms with Gasteiger partial charge in [-0.2, -0.15) is 0 Å². The number of hydrogen-bond acceptors (Lipinski definition) is 4. The molecule has 0 atom stereocenters. The molecule has 0 aliphatic carbocycles. The molecule has 1 heterocycles. The van der Waals surface area contributed by atoms with Gasteiger partial charge in [0.25, 0.3) is 5.56 Å². The summed E-state index contributed by atoms with van der Waals surface area (Å²) < 4.78 is 5.56. The van der Waals surface area contributed by atoms with E-state index in [4.69, 9.17) is 28.6 Å². The van der Waals surface area contributed by atoms with Crippen LogP contribution in [0, 0.1) is 0 Å². The van der Waals surface area contributed by atoms with Crippen LogP contribution in [0.25, 0.3) is 10.9 Å². The number of nitrogens with one attached hydrogen (secondary N) is 2. The molecule has 0 amide bonds. The molecule has 0 aliphatic heterocycles. The first-order valence-corrected chi connectivity index (χ1v) is 10.5. The molecule has 0 radical (unpaired) electrons. The van der Waals surface area contributed by atoms with Gasteiger partial charge < -0.3 is 25.0 Å². The summed E-state index contributed by atoms with van der Waals surface area (Å²) in [6.07, 6.45) is 0.525. The molecule has 3 aromatic rings. The van der Waals surface area contributed by atoms with E-state index in [9.17, 15) is 9.90 Å². The van der Waals surface area contributed by atoms with Gasteiger partial charge in [-0.25, -0.2) is 0 Å². The molecule has 0 spiro atoms. The fraction of sp³-hybridized carbons (Fsp3) is 0.273. The predicted molar refractivity (Wildman–Crippen MR) is 126 cm³/mol. The quantitative estimate of drug-likeness (QED) is 0.452. The molecule has 0 saturated heterocycles. The first kappa shape index (κ1) is 22.1. The number of thiocarbonyl (C=S) groups is 1. The molecule has 6 nitrogen and oxygen atoms in total. The Labute approximate surface area is 185 Å². The summed E-state index contributed by atoms with van der Waals surface area (Å²) in [6, 6.07) is 14.7. The molecule has 0 bridgehead atoms. The fourth-order valence-corrected chi connectivity index (χ4v) is 3.56. The van der Waals surface area contributed by atoms with Crippen molar-refractivity contribution in [3.63, 3.8) is 0 Å². The zero-order valence-corrected chi connectivity index (χ0v) is 18.2. The van der Waals surface area contributed by atoms with Crippen LogP contribution in [0.15, 0.2) is 53.3 Å². The van der Waals surface area contributed by atoms with Crippen molar-refractivity contribution in [3.8, 4) is 5.75 Å². The lowest BCUT2D eigenvalue weighted by Crippen LogP contribution is -2.37. The summed E-state index contributed by atoms with van der Waals surface area (Å²) in [7, 11) is 0. The fourth-order valence-electron chi connectivity index (χ4n) is 3.09. The van der Waals surface area contributed by atoms with Crippen molar-refractivity contribution in [1.82, 2.24) is 9.88 Å². The minimum absolute atomic E-state index is 0.0298. The lowest BCUT2D eigenvalue weighted by atomic mass is 10.1. The summed E-state index contributed by atoms with van der Waals surface area (Å²) in [5, 5.41) is 14.4. The molecule has 2 aromatic carbocycles. The van der Waals surface area contributed by atoms with Crippen LogP contribution in [-0.2, 0) is 6.54 Å². The van der Waals surface area contributed by atoms with Gasteiger partial charge in [0.2, 0.25) is 0 Å². The molecule has 30 heavy (non-hydrogen) atoms. The maximum Gasteiger partial charge on any atom is 0.253 e. The van der Waals surface area contributed by atoms with Crippen LogP contribution in [-0.4, -0.2) is 39.9 Å². The highest BCUT2D eigenvalue weighted by atomic mass is 35.5. The number of aliphatic hydroxyl groups excluding tert-OH is 1. The SMILES string of the molecule is CCOc1ccc2[nH]c(=O)c(CN(CCCO)C(=S)Nc3cccc(Cl)c3)cc2c1. The summed E-state index contributed by atoms with van der Waals surface area (Å²) in [6.45, 7) is 3.33. The van der Waals surface area contributed by atoms with Gasteiger partial charge in [-0.3, -0.25) is 4.79 Å². The molecule has 3 rings (SSSR count). The molecule has 0 aliphatic rings. The van der Waals surface area contributed by atoms with Crippen molar-refractivity contribution in [3.05, 3.63) is 69.5 Å². The van der Waals surface area contributed by atoms with Gasteiger partial charge in [0.15, 0.2) is 5.11 Å². The van der Waals surface area contributed by atoms with Crippen molar-refractivity contribution in [2.24, 2.45) is 0 Å². The van der Waals surface area contributed by atoms with Crippen LogP contribution in [0.2, 0.25) is 5.02 Å². The largest absolute Gasteiger partial charge is 0.494 e. The zero-order valence-electron chi connectivity index (χ0n) is 16.7. The second-order valence-electron chi connectivity index (χ2n) is 6.74. The van der Waals surface area contributed by atoms with Crippen LogP contribution in [0.3, 0.4) is 0 Å². The highest BCUT2D eigenvalue weighted by molar-refractivity contribution is 7.80. The molecular formula is C22H24ClN3O3S. The lowest BCUT2D eigenvalue weighted by Gasteiger charge is -2.25. The third-order valence-corrected chi connectivity index (χ3v) is 5.11. The Morgan fingerprint density at radius 2 is 2.10 bits per heavy atom. The average molecular weight is 446 g/mol. The summed E-state index contributed by atoms with van der Waals surface area (Å²) >= 11 is 11.6. The number of halogens is 1. The monoisotopic (exact) mass is 445 g/mol. The third kappa shape index (κ3) is 5.72. The topological polar surface area (TPSA) is 77.6 Å². The first-order valence-electron chi connectivity index (χ1n) is 9.71. The maximum absolute atomic E-state index is 12.6. The van der Waals surface area contributed by atoms with E-state index in [1.54, 1.807) is 12.1 Å². The van der Waals surface area contributed by atoms with E-state index >= 15 is 0 Å². The van der Waals surface area contributed by atoms with Crippen molar-refractivity contribution >= 4 is 45.5 Å². The highest BCUT2D eigenvalue weighted by Gasteiger charge is 2.14. The lowest BCUT2D eigenvalue weighted by molar-refractivity contribution is 0.265. The van der Waals surface area contributed by atoms with E-state index in [0.29, 0.717) is 41.8 Å². The van der Waals surface area contributed by atoms with Crippen LogP contribution < -0.4 is 15.6 Å². The summed E-state index contributed by atoms with van der Waals surface area (Å²) in [5.41, 5.74) is 1.90. The molecule has 0 fully saturated rings. The average Bonchev–Trinajstić information content (AvgIpc) is 2.71. The van der Waals surface area contributed by atoms with Crippen LogP contribution in [0.1, 0.15) is 18.9 Å². The van der Waals surface area contributed by atoms with Gasteiger partial charge in [0.1, 0.15) is 5.75 Å². The number of rotatable bonds is 8. The summed E-state index contributed by atoms with van der Waals surface area (Å²) in [4.78, 5) is 17.4.